The second kappa shape index (κ2) is 6.20. The Morgan fingerprint density at radius 2 is 2.10 bits per heavy atom. The molecule has 2 N–H and O–H groups in total. The van der Waals surface area contributed by atoms with Gasteiger partial charge in [0.1, 0.15) is 0 Å². The Morgan fingerprint density at radius 3 is 2.70 bits per heavy atom. The van der Waals surface area contributed by atoms with Crippen LogP contribution in [0.5, 0.6) is 0 Å². The third-order valence-electron chi connectivity index (χ3n) is 3.37. The van der Waals surface area contributed by atoms with E-state index in [0.717, 1.165) is 4.88 Å². The lowest BCUT2D eigenvalue weighted by atomic mass is 10.0. The van der Waals surface area contributed by atoms with E-state index in [1.54, 1.807) is 11.4 Å². The van der Waals surface area contributed by atoms with Crippen LogP contribution in [0, 0.1) is 13.8 Å². The highest BCUT2D eigenvalue weighted by Crippen LogP contribution is 2.20. The number of rotatable bonds is 5. The maximum absolute atomic E-state index is 10.8. The van der Waals surface area contributed by atoms with Crippen LogP contribution in [-0.2, 0) is 6.54 Å². The van der Waals surface area contributed by atoms with Crippen molar-refractivity contribution >= 4 is 17.3 Å². The molecule has 0 fully saturated rings. The Labute approximate surface area is 123 Å². The highest BCUT2D eigenvalue weighted by atomic mass is 32.1. The molecule has 0 aliphatic heterocycles. The van der Waals surface area contributed by atoms with E-state index in [9.17, 15) is 4.79 Å². The van der Waals surface area contributed by atoms with Gasteiger partial charge in [-0.25, -0.2) is 4.79 Å². The average Bonchev–Trinajstić information content (AvgIpc) is 2.85. The number of carboxylic acid groups (broad SMARTS) is 1. The Bertz CT molecular complexity index is 619. The molecular formula is C16H19NO2S. The van der Waals surface area contributed by atoms with Crippen LogP contribution in [0.25, 0.3) is 0 Å². The largest absolute Gasteiger partial charge is 0.478 e. The minimum Gasteiger partial charge on any atom is -0.478 e. The van der Waals surface area contributed by atoms with E-state index in [-0.39, 0.29) is 6.04 Å². The van der Waals surface area contributed by atoms with Crippen LogP contribution in [0.3, 0.4) is 0 Å². The van der Waals surface area contributed by atoms with Crippen molar-refractivity contribution in [3.05, 3.63) is 56.8 Å². The molecule has 2 rings (SSSR count). The molecule has 1 aromatic heterocycles. The molecule has 0 radical (unpaired) electrons. The Balaban J connectivity index is 2.00. The predicted octanol–water partition coefficient (Wildman–Crippen LogP) is 3.91. The van der Waals surface area contributed by atoms with Crippen molar-refractivity contribution < 1.29 is 9.90 Å². The summed E-state index contributed by atoms with van der Waals surface area (Å²) in [6, 6.07) is 8.43. The van der Waals surface area contributed by atoms with Crippen LogP contribution < -0.4 is 5.32 Å². The quantitative estimate of drug-likeness (QED) is 0.877. The summed E-state index contributed by atoms with van der Waals surface area (Å²) in [4.78, 5) is 11.9. The fourth-order valence-corrected chi connectivity index (χ4v) is 3.07. The van der Waals surface area contributed by atoms with Crippen molar-refractivity contribution in [3.63, 3.8) is 0 Å². The monoisotopic (exact) mass is 289 g/mol. The van der Waals surface area contributed by atoms with Crippen LogP contribution in [0.15, 0.2) is 29.6 Å². The highest BCUT2D eigenvalue weighted by Gasteiger charge is 2.10. The third-order valence-corrected chi connectivity index (χ3v) is 4.31. The van der Waals surface area contributed by atoms with Gasteiger partial charge in [0.2, 0.25) is 0 Å². The van der Waals surface area contributed by atoms with Gasteiger partial charge in [-0.05, 0) is 38.0 Å². The lowest BCUT2D eigenvalue weighted by Gasteiger charge is -2.16. The molecule has 4 heteroatoms. The topological polar surface area (TPSA) is 49.3 Å². The van der Waals surface area contributed by atoms with Crippen LogP contribution >= 0.6 is 11.3 Å². The summed E-state index contributed by atoms with van der Waals surface area (Å²) in [5, 5.41) is 14.0. The minimum atomic E-state index is -0.866. The summed E-state index contributed by atoms with van der Waals surface area (Å²) in [6.07, 6.45) is 0. The molecular weight excluding hydrogens is 270 g/mol. The molecule has 0 saturated heterocycles. The van der Waals surface area contributed by atoms with E-state index in [2.05, 4.69) is 44.3 Å². The number of carboxylic acids is 1. The lowest BCUT2D eigenvalue weighted by molar-refractivity contribution is 0.0697. The Morgan fingerprint density at radius 1 is 1.35 bits per heavy atom. The summed E-state index contributed by atoms with van der Waals surface area (Å²) < 4.78 is 0. The molecule has 0 amide bonds. The first-order valence-electron chi connectivity index (χ1n) is 6.58. The van der Waals surface area contributed by atoms with Crippen LogP contribution in [0.1, 0.15) is 44.9 Å². The number of carbonyl (C=O) groups is 1. The van der Waals surface area contributed by atoms with Crippen molar-refractivity contribution in [1.82, 2.24) is 5.32 Å². The molecule has 0 aliphatic rings. The molecule has 0 bridgehead atoms. The molecule has 0 aliphatic carbocycles. The number of hydrogen-bond acceptors (Lipinski definition) is 3. The normalized spacial score (nSPS) is 12.3. The maximum Gasteiger partial charge on any atom is 0.336 e. The van der Waals surface area contributed by atoms with Crippen molar-refractivity contribution in [2.45, 2.75) is 33.4 Å². The fraction of sp³-hybridized carbons (Fsp3) is 0.312. The van der Waals surface area contributed by atoms with E-state index >= 15 is 0 Å². The average molecular weight is 289 g/mol. The second-order valence-corrected chi connectivity index (χ2v) is 6.07. The van der Waals surface area contributed by atoms with Gasteiger partial charge in [0.25, 0.3) is 0 Å². The summed E-state index contributed by atoms with van der Waals surface area (Å²) in [7, 11) is 0. The first kappa shape index (κ1) is 14.8. The summed E-state index contributed by atoms with van der Waals surface area (Å²) in [5.74, 6) is -0.866. The van der Waals surface area contributed by atoms with Crippen molar-refractivity contribution in [2.24, 2.45) is 0 Å². The fourth-order valence-electron chi connectivity index (χ4n) is 2.26. The van der Waals surface area contributed by atoms with Gasteiger partial charge in [-0.3, -0.25) is 0 Å². The molecule has 106 valence electrons. The molecule has 1 heterocycles. The first-order chi connectivity index (χ1) is 9.47. The highest BCUT2D eigenvalue weighted by molar-refractivity contribution is 7.10. The number of thiophene rings is 1. The number of aromatic carboxylic acids is 1. The molecule has 0 saturated carbocycles. The van der Waals surface area contributed by atoms with Gasteiger partial charge in [0, 0.05) is 22.8 Å². The van der Waals surface area contributed by atoms with E-state index in [1.807, 2.05) is 0 Å². The van der Waals surface area contributed by atoms with Gasteiger partial charge in [0.05, 0.1) is 5.56 Å². The zero-order valence-electron chi connectivity index (χ0n) is 11.9. The second-order valence-electron chi connectivity index (χ2n) is 5.07. The standard InChI is InChI=1S/C16H19NO2S/c1-10-4-5-15(11(2)6-10)12(3)17-8-14-7-13(9-20-14)16(18)19/h4-7,9,12,17H,8H2,1-3H3,(H,18,19). The van der Waals surface area contributed by atoms with Crippen LogP contribution in [-0.4, -0.2) is 11.1 Å². The maximum atomic E-state index is 10.8. The van der Waals surface area contributed by atoms with E-state index in [0.29, 0.717) is 12.1 Å². The van der Waals surface area contributed by atoms with Crippen molar-refractivity contribution in [2.75, 3.05) is 0 Å². The van der Waals surface area contributed by atoms with Crippen LogP contribution in [0.4, 0.5) is 0 Å². The van der Waals surface area contributed by atoms with E-state index in [1.165, 1.54) is 28.0 Å². The van der Waals surface area contributed by atoms with Gasteiger partial charge in [0.15, 0.2) is 0 Å². The van der Waals surface area contributed by atoms with E-state index in [4.69, 9.17) is 5.11 Å². The van der Waals surface area contributed by atoms with Gasteiger partial charge >= 0.3 is 5.97 Å². The van der Waals surface area contributed by atoms with Crippen molar-refractivity contribution in [3.8, 4) is 0 Å². The summed E-state index contributed by atoms with van der Waals surface area (Å²) in [5.41, 5.74) is 4.20. The number of nitrogens with one attached hydrogen (secondary N) is 1. The zero-order chi connectivity index (χ0) is 14.7. The molecule has 1 atom stereocenters. The van der Waals surface area contributed by atoms with Gasteiger partial charge in [-0.1, -0.05) is 23.8 Å². The summed E-state index contributed by atoms with van der Waals surface area (Å²) >= 11 is 1.48. The van der Waals surface area contributed by atoms with E-state index < -0.39 is 5.97 Å². The molecule has 3 nitrogen and oxygen atoms in total. The zero-order valence-corrected chi connectivity index (χ0v) is 12.8. The Kier molecular flexibility index (Phi) is 4.57. The number of benzene rings is 1. The number of aryl methyl sites for hydroxylation is 2. The minimum absolute atomic E-state index is 0.242. The lowest BCUT2D eigenvalue weighted by Crippen LogP contribution is -2.18. The SMILES string of the molecule is Cc1ccc(C(C)NCc2cc(C(=O)O)cs2)c(C)c1. The molecule has 0 spiro atoms. The molecule has 20 heavy (non-hydrogen) atoms. The van der Waals surface area contributed by atoms with Crippen molar-refractivity contribution in [1.29, 1.82) is 0 Å². The third kappa shape index (κ3) is 3.46. The summed E-state index contributed by atoms with van der Waals surface area (Å²) in [6.45, 7) is 7.03. The molecule has 1 aromatic carbocycles. The van der Waals surface area contributed by atoms with Gasteiger partial charge in [-0.15, -0.1) is 11.3 Å². The predicted molar refractivity (Wildman–Crippen MR) is 82.4 cm³/mol. The van der Waals surface area contributed by atoms with Crippen LogP contribution in [0.2, 0.25) is 0 Å². The smallest absolute Gasteiger partial charge is 0.336 e. The first-order valence-corrected chi connectivity index (χ1v) is 7.46. The Hall–Kier alpha value is -1.65. The number of hydrogen-bond donors (Lipinski definition) is 2. The van der Waals surface area contributed by atoms with Gasteiger partial charge in [-0.2, -0.15) is 0 Å². The molecule has 1 unspecified atom stereocenters. The molecule has 2 aromatic rings. The van der Waals surface area contributed by atoms with Gasteiger partial charge < -0.3 is 10.4 Å².